The van der Waals surface area contributed by atoms with Crippen molar-refractivity contribution in [3.8, 4) is 6.07 Å². The second kappa shape index (κ2) is 5.68. The van der Waals surface area contributed by atoms with E-state index in [4.69, 9.17) is 16.9 Å². The van der Waals surface area contributed by atoms with Gasteiger partial charge in [0.15, 0.2) is 0 Å². The molecule has 1 atom stereocenters. The van der Waals surface area contributed by atoms with Gasteiger partial charge >= 0.3 is 0 Å². The molecule has 0 radical (unpaired) electrons. The first-order chi connectivity index (χ1) is 9.10. The van der Waals surface area contributed by atoms with E-state index < -0.39 is 0 Å². The summed E-state index contributed by atoms with van der Waals surface area (Å²) < 4.78 is 13.0. The molecule has 1 N–H and O–H groups in total. The van der Waals surface area contributed by atoms with Crippen molar-refractivity contribution in [2.75, 3.05) is 5.32 Å². The highest BCUT2D eigenvalue weighted by atomic mass is 35.5. The van der Waals surface area contributed by atoms with Crippen molar-refractivity contribution in [1.29, 1.82) is 5.26 Å². The number of benzene rings is 1. The minimum absolute atomic E-state index is 0.117. The average Bonchev–Trinajstić information content (AvgIpc) is 2.39. The Kier molecular flexibility index (Phi) is 3.98. The van der Waals surface area contributed by atoms with Crippen molar-refractivity contribution in [3.63, 3.8) is 0 Å². The number of aromatic nitrogens is 1. The van der Waals surface area contributed by atoms with E-state index in [1.807, 2.05) is 13.0 Å². The van der Waals surface area contributed by atoms with Gasteiger partial charge in [-0.2, -0.15) is 5.26 Å². The lowest BCUT2D eigenvalue weighted by Crippen LogP contribution is -2.08. The Morgan fingerprint density at radius 2 is 2.16 bits per heavy atom. The number of anilines is 1. The maximum atomic E-state index is 13.0. The number of nitriles is 1. The van der Waals surface area contributed by atoms with Gasteiger partial charge < -0.3 is 5.32 Å². The van der Waals surface area contributed by atoms with E-state index in [0.717, 1.165) is 5.56 Å². The molecule has 0 aliphatic rings. The topological polar surface area (TPSA) is 48.7 Å². The van der Waals surface area contributed by atoms with Gasteiger partial charge in [0.1, 0.15) is 17.7 Å². The number of hydrogen-bond acceptors (Lipinski definition) is 3. The Labute approximate surface area is 115 Å². The summed E-state index contributed by atoms with van der Waals surface area (Å²) in [6, 6.07) is 9.56. The van der Waals surface area contributed by atoms with Crippen LogP contribution in [0, 0.1) is 17.1 Å². The van der Waals surface area contributed by atoms with Crippen molar-refractivity contribution in [2.45, 2.75) is 13.0 Å². The Morgan fingerprint density at radius 1 is 1.37 bits per heavy atom. The Balaban J connectivity index is 2.16. The summed E-state index contributed by atoms with van der Waals surface area (Å²) in [7, 11) is 0. The van der Waals surface area contributed by atoms with E-state index >= 15 is 0 Å². The third-order valence-corrected chi connectivity index (χ3v) is 3.01. The fourth-order valence-electron chi connectivity index (χ4n) is 1.70. The summed E-state index contributed by atoms with van der Waals surface area (Å²) in [4.78, 5) is 4.11. The Bertz CT molecular complexity index is 620. The van der Waals surface area contributed by atoms with Crippen LogP contribution in [0.2, 0.25) is 5.02 Å². The first-order valence-electron chi connectivity index (χ1n) is 5.68. The number of nitrogens with one attached hydrogen (secondary N) is 1. The van der Waals surface area contributed by atoms with Crippen molar-refractivity contribution >= 4 is 17.4 Å². The van der Waals surface area contributed by atoms with Gasteiger partial charge in [0.05, 0.1) is 11.6 Å². The summed E-state index contributed by atoms with van der Waals surface area (Å²) in [6.45, 7) is 1.90. The van der Waals surface area contributed by atoms with Crippen LogP contribution in [0.5, 0.6) is 0 Å². The lowest BCUT2D eigenvalue weighted by atomic mass is 10.1. The highest BCUT2D eigenvalue weighted by Crippen LogP contribution is 2.26. The fourth-order valence-corrected chi connectivity index (χ4v) is 2.03. The van der Waals surface area contributed by atoms with E-state index in [9.17, 15) is 4.39 Å². The molecule has 2 rings (SSSR count). The zero-order valence-corrected chi connectivity index (χ0v) is 10.9. The SMILES string of the molecule is CC(Nc1ccc(C#N)cn1)c1ccc(F)cc1Cl. The quantitative estimate of drug-likeness (QED) is 0.924. The standard InChI is InChI=1S/C14H11ClFN3/c1-9(12-4-3-11(16)6-13(12)15)19-14-5-2-10(7-17)8-18-14/h2-6,8-9H,1H3,(H,18,19). The van der Waals surface area contributed by atoms with Crippen LogP contribution >= 0.6 is 11.6 Å². The Morgan fingerprint density at radius 3 is 2.74 bits per heavy atom. The van der Waals surface area contributed by atoms with Crippen molar-refractivity contribution in [1.82, 2.24) is 4.98 Å². The molecule has 5 heteroatoms. The highest BCUT2D eigenvalue weighted by Gasteiger charge is 2.10. The number of rotatable bonds is 3. The van der Waals surface area contributed by atoms with E-state index in [1.165, 1.54) is 18.3 Å². The number of hydrogen-bond donors (Lipinski definition) is 1. The molecule has 2 aromatic rings. The van der Waals surface area contributed by atoms with Crippen LogP contribution in [0.15, 0.2) is 36.5 Å². The van der Waals surface area contributed by atoms with Crippen LogP contribution in [0.3, 0.4) is 0 Å². The second-order valence-electron chi connectivity index (χ2n) is 4.08. The molecule has 19 heavy (non-hydrogen) atoms. The molecule has 0 spiro atoms. The van der Waals surface area contributed by atoms with Gasteiger partial charge in [-0.25, -0.2) is 9.37 Å². The second-order valence-corrected chi connectivity index (χ2v) is 4.48. The monoisotopic (exact) mass is 275 g/mol. The normalized spacial score (nSPS) is 11.7. The number of halogens is 2. The van der Waals surface area contributed by atoms with Gasteiger partial charge in [-0.05, 0) is 36.8 Å². The average molecular weight is 276 g/mol. The lowest BCUT2D eigenvalue weighted by molar-refractivity contribution is 0.626. The summed E-state index contributed by atoms with van der Waals surface area (Å²) in [6.07, 6.45) is 1.49. The molecular weight excluding hydrogens is 265 g/mol. The highest BCUT2D eigenvalue weighted by molar-refractivity contribution is 6.31. The van der Waals surface area contributed by atoms with E-state index in [2.05, 4.69) is 10.3 Å². The minimum Gasteiger partial charge on any atom is -0.363 e. The third kappa shape index (κ3) is 3.21. The molecule has 3 nitrogen and oxygen atoms in total. The zero-order valence-electron chi connectivity index (χ0n) is 10.2. The fraction of sp³-hybridized carbons (Fsp3) is 0.143. The van der Waals surface area contributed by atoms with E-state index in [-0.39, 0.29) is 11.9 Å². The van der Waals surface area contributed by atoms with Crippen LogP contribution in [0.4, 0.5) is 10.2 Å². The zero-order chi connectivity index (χ0) is 13.8. The number of pyridine rings is 1. The third-order valence-electron chi connectivity index (χ3n) is 2.69. The maximum absolute atomic E-state index is 13.0. The summed E-state index contributed by atoms with van der Waals surface area (Å²) in [5.74, 6) is 0.268. The minimum atomic E-state index is -0.363. The van der Waals surface area contributed by atoms with Gasteiger partial charge in [-0.3, -0.25) is 0 Å². The van der Waals surface area contributed by atoms with Crippen LogP contribution in [0.1, 0.15) is 24.1 Å². The molecule has 0 aliphatic heterocycles. The molecule has 0 saturated heterocycles. The van der Waals surface area contributed by atoms with Gasteiger partial charge in [-0.15, -0.1) is 0 Å². The molecule has 0 bridgehead atoms. The molecule has 1 heterocycles. The van der Waals surface area contributed by atoms with Gasteiger partial charge in [0, 0.05) is 11.2 Å². The van der Waals surface area contributed by atoms with E-state index in [0.29, 0.717) is 16.4 Å². The van der Waals surface area contributed by atoms with Crippen LogP contribution in [0.25, 0.3) is 0 Å². The van der Waals surface area contributed by atoms with Crippen molar-refractivity contribution < 1.29 is 4.39 Å². The first-order valence-corrected chi connectivity index (χ1v) is 6.05. The smallest absolute Gasteiger partial charge is 0.126 e. The summed E-state index contributed by atoms with van der Waals surface area (Å²) in [5.41, 5.74) is 1.28. The molecular formula is C14H11ClFN3. The van der Waals surface area contributed by atoms with Gasteiger partial charge in [0.25, 0.3) is 0 Å². The van der Waals surface area contributed by atoms with E-state index in [1.54, 1.807) is 18.2 Å². The molecule has 0 saturated carbocycles. The summed E-state index contributed by atoms with van der Waals surface area (Å²) in [5, 5.41) is 12.2. The largest absolute Gasteiger partial charge is 0.363 e. The number of nitrogens with zero attached hydrogens (tertiary/aromatic N) is 2. The van der Waals surface area contributed by atoms with Crippen molar-refractivity contribution in [3.05, 3.63) is 58.5 Å². The van der Waals surface area contributed by atoms with Crippen molar-refractivity contribution in [2.24, 2.45) is 0 Å². The lowest BCUT2D eigenvalue weighted by Gasteiger charge is -2.16. The predicted molar refractivity (Wildman–Crippen MR) is 72.4 cm³/mol. The molecule has 0 fully saturated rings. The van der Waals surface area contributed by atoms with Gasteiger partial charge in [0.2, 0.25) is 0 Å². The summed E-state index contributed by atoms with van der Waals surface area (Å²) >= 11 is 5.99. The molecule has 0 amide bonds. The predicted octanol–water partition coefficient (Wildman–Crippen LogP) is 3.92. The molecule has 0 aliphatic carbocycles. The Hall–Kier alpha value is -2.12. The molecule has 1 aromatic carbocycles. The molecule has 1 unspecified atom stereocenters. The van der Waals surface area contributed by atoms with Crippen LogP contribution in [-0.4, -0.2) is 4.98 Å². The van der Waals surface area contributed by atoms with Gasteiger partial charge in [-0.1, -0.05) is 17.7 Å². The molecule has 96 valence electrons. The molecule has 1 aromatic heterocycles. The van der Waals surface area contributed by atoms with Crippen LogP contribution < -0.4 is 5.32 Å². The van der Waals surface area contributed by atoms with Crippen LogP contribution in [-0.2, 0) is 0 Å². The maximum Gasteiger partial charge on any atom is 0.126 e. The first kappa shape index (κ1) is 13.3.